The van der Waals surface area contributed by atoms with Crippen LogP contribution in [0.5, 0.6) is 0 Å². The van der Waals surface area contributed by atoms with Crippen molar-refractivity contribution in [2.75, 3.05) is 10.6 Å². The Morgan fingerprint density at radius 1 is 1.03 bits per heavy atom. The van der Waals surface area contributed by atoms with Crippen molar-refractivity contribution in [3.63, 3.8) is 0 Å². The molecule has 0 aromatic heterocycles. The lowest BCUT2D eigenvalue weighted by Gasteiger charge is -2.23. The van der Waals surface area contributed by atoms with Crippen LogP contribution in [0.3, 0.4) is 0 Å². The van der Waals surface area contributed by atoms with E-state index in [0.29, 0.717) is 22.0 Å². The van der Waals surface area contributed by atoms with E-state index in [1.165, 1.54) is 0 Å². The molecule has 0 radical (unpaired) electrons. The van der Waals surface area contributed by atoms with Crippen LogP contribution in [-0.2, 0) is 14.3 Å². The number of carbonyl (C=O) groups excluding carboxylic acids is 3. The first kappa shape index (κ1) is 18.2. The summed E-state index contributed by atoms with van der Waals surface area (Å²) in [5.41, 5.74) is 1.44. The molecule has 1 saturated heterocycles. The van der Waals surface area contributed by atoms with E-state index < -0.39 is 0 Å². The van der Waals surface area contributed by atoms with Crippen LogP contribution in [0, 0.1) is 23.7 Å². The summed E-state index contributed by atoms with van der Waals surface area (Å²) in [6.45, 7) is 0. The second-order valence-electron chi connectivity index (χ2n) is 7.93. The van der Waals surface area contributed by atoms with Gasteiger partial charge in [-0.15, -0.1) is 0 Å². The minimum absolute atomic E-state index is 0.00150. The van der Waals surface area contributed by atoms with Gasteiger partial charge in [-0.3, -0.25) is 14.4 Å². The normalized spacial score (nSPS) is 28.9. The van der Waals surface area contributed by atoms with Crippen LogP contribution in [-0.4, -0.2) is 23.9 Å². The van der Waals surface area contributed by atoms with Crippen molar-refractivity contribution in [2.24, 2.45) is 23.7 Å². The summed E-state index contributed by atoms with van der Waals surface area (Å²) >= 11 is 6.09. The Morgan fingerprint density at radius 3 is 2.69 bits per heavy atom. The Labute approximate surface area is 172 Å². The molecule has 29 heavy (non-hydrogen) atoms. The molecule has 2 N–H and O–H groups in total. The quantitative estimate of drug-likeness (QED) is 0.752. The molecule has 2 aliphatic carbocycles. The third kappa shape index (κ3) is 3.08. The third-order valence-electron chi connectivity index (χ3n) is 6.30. The average Bonchev–Trinajstić information content (AvgIpc) is 3.32. The van der Waals surface area contributed by atoms with Gasteiger partial charge in [-0.25, -0.2) is 0 Å². The number of halogens is 1. The van der Waals surface area contributed by atoms with Crippen molar-refractivity contribution < 1.29 is 19.1 Å². The average molecular weight is 411 g/mol. The molecule has 2 saturated carbocycles. The van der Waals surface area contributed by atoms with Gasteiger partial charge in [0.1, 0.15) is 6.10 Å². The van der Waals surface area contributed by atoms with E-state index in [1.807, 2.05) is 0 Å². The SMILES string of the molecule is O=C(Nc1ccccc1Cl)c1cccc(NC(=O)[C@@H]2[C@@H]3C[C@@H]4[C@@H]2C(=O)O[C@@H]4C3)c1. The molecule has 0 unspecified atom stereocenters. The summed E-state index contributed by atoms with van der Waals surface area (Å²) in [5.74, 6) is -1.06. The van der Waals surface area contributed by atoms with Crippen molar-refractivity contribution in [1.29, 1.82) is 0 Å². The molecule has 3 fully saturated rings. The molecule has 2 aromatic rings. The molecule has 3 aliphatic rings. The predicted molar refractivity (Wildman–Crippen MR) is 108 cm³/mol. The van der Waals surface area contributed by atoms with Gasteiger partial charge in [-0.2, -0.15) is 0 Å². The second-order valence-corrected chi connectivity index (χ2v) is 8.33. The minimum atomic E-state index is -0.355. The Hall–Kier alpha value is -2.86. The molecular formula is C22H19ClN2O4. The second kappa shape index (κ2) is 6.88. The molecule has 1 aliphatic heterocycles. The number of carbonyl (C=O) groups is 3. The summed E-state index contributed by atoms with van der Waals surface area (Å²) in [6, 6.07) is 13.7. The third-order valence-corrected chi connectivity index (χ3v) is 6.63. The lowest BCUT2D eigenvalue weighted by atomic mass is 9.79. The highest BCUT2D eigenvalue weighted by molar-refractivity contribution is 6.33. The van der Waals surface area contributed by atoms with Crippen LogP contribution in [0.1, 0.15) is 23.2 Å². The molecule has 1 heterocycles. The van der Waals surface area contributed by atoms with E-state index >= 15 is 0 Å². The first-order valence-electron chi connectivity index (χ1n) is 9.68. The van der Waals surface area contributed by atoms with Gasteiger partial charge in [0.15, 0.2) is 0 Å². The predicted octanol–water partition coefficient (Wildman–Crippen LogP) is 3.73. The Bertz CT molecular complexity index is 1020. The number of amides is 2. The maximum atomic E-state index is 12.9. The van der Waals surface area contributed by atoms with Gasteiger partial charge in [-0.1, -0.05) is 29.8 Å². The number of esters is 1. The molecule has 148 valence electrons. The summed E-state index contributed by atoms with van der Waals surface area (Å²) in [4.78, 5) is 37.6. The van der Waals surface area contributed by atoms with Crippen LogP contribution in [0.15, 0.2) is 48.5 Å². The number of para-hydroxylation sites is 1. The number of rotatable bonds is 4. The first-order valence-corrected chi connectivity index (χ1v) is 10.1. The smallest absolute Gasteiger partial charge is 0.310 e. The number of hydrogen-bond acceptors (Lipinski definition) is 4. The molecular weight excluding hydrogens is 392 g/mol. The zero-order valence-corrected chi connectivity index (χ0v) is 16.2. The van der Waals surface area contributed by atoms with E-state index in [4.69, 9.17) is 16.3 Å². The Balaban J connectivity index is 1.30. The summed E-state index contributed by atoms with van der Waals surface area (Å²) in [6.07, 6.45) is 1.64. The molecule has 6 nitrogen and oxygen atoms in total. The summed E-state index contributed by atoms with van der Waals surface area (Å²) < 4.78 is 5.40. The molecule has 2 amide bonds. The largest absolute Gasteiger partial charge is 0.462 e. The topological polar surface area (TPSA) is 84.5 Å². The molecule has 2 bridgehead atoms. The maximum Gasteiger partial charge on any atom is 0.310 e. The lowest BCUT2D eigenvalue weighted by molar-refractivity contribution is -0.145. The van der Waals surface area contributed by atoms with Crippen molar-refractivity contribution >= 4 is 40.8 Å². The number of nitrogens with one attached hydrogen (secondary N) is 2. The van der Waals surface area contributed by atoms with Gasteiger partial charge in [0.05, 0.1) is 22.5 Å². The van der Waals surface area contributed by atoms with E-state index in [1.54, 1.807) is 48.5 Å². The standard InChI is InChI=1S/C22H19ClN2O4/c23-15-6-1-2-7-16(15)25-20(26)11-4-3-5-13(8-11)24-21(27)18-12-9-14-17(10-12)29-22(28)19(14)18/h1-8,12,14,17-19H,9-10H2,(H,24,27)(H,25,26)/t12-,14+,17-,18-,19+/m1/s1. The molecule has 5 atom stereocenters. The van der Waals surface area contributed by atoms with Crippen molar-refractivity contribution in [3.8, 4) is 0 Å². The van der Waals surface area contributed by atoms with Gasteiger partial charge < -0.3 is 15.4 Å². The minimum Gasteiger partial charge on any atom is -0.462 e. The fraction of sp³-hybridized carbons (Fsp3) is 0.318. The number of benzene rings is 2. The number of ether oxygens (including phenoxy) is 1. The van der Waals surface area contributed by atoms with Gasteiger partial charge >= 0.3 is 5.97 Å². The number of hydrogen-bond donors (Lipinski definition) is 2. The van der Waals surface area contributed by atoms with Crippen molar-refractivity contribution in [2.45, 2.75) is 18.9 Å². The van der Waals surface area contributed by atoms with Gasteiger partial charge in [0, 0.05) is 17.2 Å². The number of fused-ring (bicyclic) bond motifs is 1. The fourth-order valence-electron chi connectivity index (χ4n) is 5.08. The zero-order chi connectivity index (χ0) is 20.1. The lowest BCUT2D eigenvalue weighted by Crippen LogP contribution is -2.35. The molecule has 5 rings (SSSR count). The van der Waals surface area contributed by atoms with Crippen LogP contribution in [0.4, 0.5) is 11.4 Å². The van der Waals surface area contributed by atoms with Gasteiger partial charge in [-0.05, 0) is 49.1 Å². The highest BCUT2D eigenvalue weighted by Gasteiger charge is 2.63. The maximum absolute atomic E-state index is 12.9. The van der Waals surface area contributed by atoms with E-state index in [9.17, 15) is 14.4 Å². The van der Waals surface area contributed by atoms with Crippen molar-refractivity contribution in [1.82, 2.24) is 0 Å². The Morgan fingerprint density at radius 2 is 1.86 bits per heavy atom. The Kier molecular flexibility index (Phi) is 4.32. The highest BCUT2D eigenvalue weighted by Crippen LogP contribution is 2.57. The van der Waals surface area contributed by atoms with Gasteiger partial charge in [0.25, 0.3) is 5.91 Å². The summed E-state index contributed by atoms with van der Waals surface area (Å²) in [5, 5.41) is 6.10. The highest BCUT2D eigenvalue weighted by atomic mass is 35.5. The van der Waals surface area contributed by atoms with Crippen LogP contribution < -0.4 is 10.6 Å². The molecule has 0 spiro atoms. The van der Waals surface area contributed by atoms with Crippen LogP contribution >= 0.6 is 11.6 Å². The van der Waals surface area contributed by atoms with E-state index in [-0.39, 0.29) is 47.6 Å². The molecule has 7 heteroatoms. The fourth-order valence-corrected chi connectivity index (χ4v) is 5.27. The summed E-state index contributed by atoms with van der Waals surface area (Å²) in [7, 11) is 0. The van der Waals surface area contributed by atoms with Crippen molar-refractivity contribution in [3.05, 3.63) is 59.1 Å². The van der Waals surface area contributed by atoms with Crippen LogP contribution in [0.2, 0.25) is 5.02 Å². The first-order chi connectivity index (χ1) is 14.0. The van der Waals surface area contributed by atoms with Gasteiger partial charge in [0.2, 0.25) is 5.91 Å². The molecule has 2 aromatic carbocycles. The van der Waals surface area contributed by atoms with E-state index in [2.05, 4.69) is 10.6 Å². The van der Waals surface area contributed by atoms with Crippen LogP contribution in [0.25, 0.3) is 0 Å². The number of anilines is 2. The zero-order valence-electron chi connectivity index (χ0n) is 15.4. The van der Waals surface area contributed by atoms with E-state index in [0.717, 1.165) is 12.8 Å². The monoisotopic (exact) mass is 410 g/mol.